The summed E-state index contributed by atoms with van der Waals surface area (Å²) in [5, 5.41) is 17.6. The van der Waals surface area contributed by atoms with Gasteiger partial charge in [-0.2, -0.15) is 0 Å². The molecule has 47 heavy (non-hydrogen) atoms. The lowest BCUT2D eigenvalue weighted by Gasteiger charge is -2.24. The van der Waals surface area contributed by atoms with Gasteiger partial charge in [-0.15, -0.1) is 13.2 Å². The van der Waals surface area contributed by atoms with Gasteiger partial charge in [-0.1, -0.05) is 72.8 Å². The van der Waals surface area contributed by atoms with Gasteiger partial charge in [0, 0.05) is 19.0 Å². The van der Waals surface area contributed by atoms with Gasteiger partial charge in [-0.25, -0.2) is 4.79 Å². The maximum absolute atomic E-state index is 13.3. The molecule has 10 heteroatoms. The molecular formula is C37H51N3O7. The Morgan fingerprint density at radius 2 is 1.53 bits per heavy atom. The number of ether oxygens (including phenoxy) is 2. The van der Waals surface area contributed by atoms with Crippen molar-refractivity contribution in [2.75, 3.05) is 19.8 Å². The highest BCUT2D eigenvalue weighted by atomic mass is 16.5. The van der Waals surface area contributed by atoms with Crippen molar-refractivity contribution < 1.29 is 33.8 Å². The highest BCUT2D eigenvalue weighted by Crippen LogP contribution is 2.18. The van der Waals surface area contributed by atoms with Gasteiger partial charge in [-0.3, -0.25) is 14.4 Å². The van der Waals surface area contributed by atoms with Crippen LogP contribution in [0.25, 0.3) is 0 Å². The maximum atomic E-state index is 13.3. The molecule has 0 aliphatic carbocycles. The Bertz CT molecular complexity index is 1240. The molecule has 0 saturated heterocycles. The second-order valence-corrected chi connectivity index (χ2v) is 11.6. The fourth-order valence-electron chi connectivity index (χ4n) is 4.91. The Morgan fingerprint density at radius 3 is 2.17 bits per heavy atom. The molecule has 0 saturated carbocycles. The van der Waals surface area contributed by atoms with Gasteiger partial charge in [0.05, 0.1) is 24.5 Å². The lowest BCUT2D eigenvalue weighted by molar-refractivity contribution is -0.150. The van der Waals surface area contributed by atoms with Crippen molar-refractivity contribution in [3.05, 3.63) is 97.1 Å². The van der Waals surface area contributed by atoms with Gasteiger partial charge in [0.25, 0.3) is 0 Å². The summed E-state index contributed by atoms with van der Waals surface area (Å²) in [5.74, 6) is -2.11. The number of unbranched alkanes of at least 4 members (excludes halogenated alkanes) is 1. The molecule has 256 valence electrons. The molecule has 2 aromatic rings. The van der Waals surface area contributed by atoms with Crippen LogP contribution in [0.2, 0.25) is 0 Å². The number of rotatable bonds is 23. The fraction of sp³-hybridized carbons (Fsp3) is 0.459. The van der Waals surface area contributed by atoms with E-state index in [0.717, 1.165) is 11.1 Å². The number of benzene rings is 2. The smallest absolute Gasteiger partial charge is 0.407 e. The predicted octanol–water partition coefficient (Wildman–Crippen LogP) is 5.02. The molecule has 10 nitrogen and oxygen atoms in total. The zero-order valence-corrected chi connectivity index (χ0v) is 27.5. The van der Waals surface area contributed by atoms with E-state index in [-0.39, 0.29) is 56.4 Å². The van der Waals surface area contributed by atoms with Gasteiger partial charge >= 0.3 is 12.1 Å². The van der Waals surface area contributed by atoms with Crippen molar-refractivity contribution in [3.63, 3.8) is 0 Å². The minimum absolute atomic E-state index is 0.0367. The summed E-state index contributed by atoms with van der Waals surface area (Å²) in [6, 6.07) is 18.2. The van der Waals surface area contributed by atoms with Gasteiger partial charge < -0.3 is 30.5 Å². The number of carbonyl (C=O) groups is 4. The standard InChI is InChI=1S/C37H51N3O7/c1-4-6-20-32(23-29-16-9-7-10-17-29)36(44)46-27-33(40-35(43)31(15-5-2)24-34(42)39-28(3)25-41)21-13-14-22-38-37(45)47-26-30-18-11-8-12-19-30/h4-5,7-12,16-19,28,31-33,41H,1-2,6,13-15,20-27H2,3H3,(H,38,45)(H,39,42)(H,40,43). The lowest BCUT2D eigenvalue weighted by atomic mass is 9.95. The number of nitrogens with one attached hydrogen (secondary N) is 3. The second kappa shape index (κ2) is 23.0. The molecule has 0 aliphatic heterocycles. The number of allylic oxidation sites excluding steroid dienone is 2. The molecule has 0 bridgehead atoms. The third-order valence-corrected chi connectivity index (χ3v) is 7.55. The van der Waals surface area contributed by atoms with Crippen LogP contribution in [0.5, 0.6) is 0 Å². The number of alkyl carbamates (subject to hydrolysis) is 1. The minimum Gasteiger partial charge on any atom is -0.463 e. The van der Waals surface area contributed by atoms with Crippen LogP contribution in [-0.4, -0.2) is 60.8 Å². The van der Waals surface area contributed by atoms with Crippen molar-refractivity contribution in [1.82, 2.24) is 16.0 Å². The first-order valence-electron chi connectivity index (χ1n) is 16.3. The molecule has 4 atom stereocenters. The van der Waals surface area contributed by atoms with Gasteiger partial charge in [-0.05, 0) is 63.0 Å². The summed E-state index contributed by atoms with van der Waals surface area (Å²) in [5.41, 5.74) is 1.92. The summed E-state index contributed by atoms with van der Waals surface area (Å²) in [6.45, 7) is 9.47. The van der Waals surface area contributed by atoms with Crippen LogP contribution in [0.15, 0.2) is 86.0 Å². The molecule has 0 heterocycles. The zero-order valence-electron chi connectivity index (χ0n) is 27.5. The molecule has 0 spiro atoms. The first-order chi connectivity index (χ1) is 22.7. The van der Waals surface area contributed by atoms with Crippen molar-refractivity contribution in [3.8, 4) is 0 Å². The van der Waals surface area contributed by atoms with Crippen LogP contribution in [0.3, 0.4) is 0 Å². The summed E-state index contributed by atoms with van der Waals surface area (Å²) in [4.78, 5) is 51.2. The van der Waals surface area contributed by atoms with Gasteiger partial charge in [0.1, 0.15) is 13.2 Å². The Balaban J connectivity index is 2.00. The van der Waals surface area contributed by atoms with Crippen LogP contribution in [0.1, 0.15) is 63.0 Å². The number of hydrogen-bond acceptors (Lipinski definition) is 7. The van der Waals surface area contributed by atoms with Crippen molar-refractivity contribution in [1.29, 1.82) is 0 Å². The second-order valence-electron chi connectivity index (χ2n) is 11.6. The quantitative estimate of drug-likeness (QED) is 0.0753. The van der Waals surface area contributed by atoms with Crippen LogP contribution in [0, 0.1) is 11.8 Å². The van der Waals surface area contributed by atoms with E-state index in [1.54, 1.807) is 19.1 Å². The molecule has 2 aromatic carbocycles. The molecule has 0 fully saturated rings. The predicted molar refractivity (Wildman–Crippen MR) is 182 cm³/mol. The number of aliphatic hydroxyl groups excluding tert-OH is 1. The van der Waals surface area contributed by atoms with Crippen molar-refractivity contribution in [2.24, 2.45) is 11.8 Å². The Kier molecular flexibility index (Phi) is 18.9. The molecule has 3 amide bonds. The molecule has 0 aliphatic rings. The Morgan fingerprint density at radius 1 is 0.851 bits per heavy atom. The van der Waals surface area contributed by atoms with Gasteiger partial charge in [0.15, 0.2) is 0 Å². The average Bonchev–Trinajstić information content (AvgIpc) is 3.08. The number of esters is 1. The van der Waals surface area contributed by atoms with E-state index >= 15 is 0 Å². The number of carbonyl (C=O) groups excluding carboxylic acids is 4. The van der Waals surface area contributed by atoms with Crippen molar-refractivity contribution >= 4 is 23.9 Å². The highest BCUT2D eigenvalue weighted by molar-refractivity contribution is 5.86. The van der Waals surface area contributed by atoms with Crippen LogP contribution in [-0.2, 0) is 36.9 Å². The largest absolute Gasteiger partial charge is 0.463 e. The SMILES string of the molecule is C=CCCC(Cc1ccccc1)C(=O)OCC(CCCCNC(=O)OCc1ccccc1)NC(=O)C(CC=C)CC(=O)NC(C)CO. The first kappa shape index (κ1) is 38.7. The molecule has 0 radical (unpaired) electrons. The molecule has 2 rings (SSSR count). The lowest BCUT2D eigenvalue weighted by Crippen LogP contribution is -2.44. The first-order valence-corrected chi connectivity index (χ1v) is 16.3. The topological polar surface area (TPSA) is 143 Å². The molecular weight excluding hydrogens is 598 g/mol. The summed E-state index contributed by atoms with van der Waals surface area (Å²) >= 11 is 0. The van der Waals surface area contributed by atoms with Crippen molar-refractivity contribution in [2.45, 2.75) is 77.0 Å². The number of amides is 3. The average molecular weight is 650 g/mol. The van der Waals surface area contributed by atoms with E-state index in [2.05, 4.69) is 29.1 Å². The monoisotopic (exact) mass is 649 g/mol. The third kappa shape index (κ3) is 16.6. The molecule has 0 aromatic heterocycles. The van der Waals surface area contributed by atoms with Crippen LogP contribution < -0.4 is 16.0 Å². The Hall–Kier alpha value is -4.44. The van der Waals surface area contributed by atoms with E-state index < -0.39 is 24.1 Å². The van der Waals surface area contributed by atoms with E-state index in [0.29, 0.717) is 45.1 Å². The molecule has 4 unspecified atom stereocenters. The van der Waals surface area contributed by atoms with E-state index in [1.807, 2.05) is 60.7 Å². The zero-order chi connectivity index (χ0) is 34.3. The van der Waals surface area contributed by atoms with Crippen LogP contribution >= 0.6 is 0 Å². The third-order valence-electron chi connectivity index (χ3n) is 7.55. The number of aliphatic hydroxyl groups is 1. The summed E-state index contributed by atoms with van der Waals surface area (Å²) in [7, 11) is 0. The van der Waals surface area contributed by atoms with E-state index in [9.17, 15) is 24.3 Å². The maximum Gasteiger partial charge on any atom is 0.407 e. The normalized spacial score (nSPS) is 13.2. The number of hydrogen-bond donors (Lipinski definition) is 4. The van der Waals surface area contributed by atoms with Gasteiger partial charge in [0.2, 0.25) is 11.8 Å². The minimum atomic E-state index is -0.684. The summed E-state index contributed by atoms with van der Waals surface area (Å²) < 4.78 is 11.0. The highest BCUT2D eigenvalue weighted by Gasteiger charge is 2.26. The van der Waals surface area contributed by atoms with E-state index in [4.69, 9.17) is 9.47 Å². The molecule has 4 N–H and O–H groups in total. The Labute approximate surface area is 279 Å². The van der Waals surface area contributed by atoms with E-state index in [1.165, 1.54) is 0 Å². The summed E-state index contributed by atoms with van der Waals surface area (Å²) in [6.07, 6.45) is 6.51. The van der Waals surface area contributed by atoms with Crippen LogP contribution in [0.4, 0.5) is 4.79 Å². The fourth-order valence-corrected chi connectivity index (χ4v) is 4.91.